The minimum Gasteiger partial charge on any atom is -0.481 e. The van der Waals surface area contributed by atoms with Crippen LogP contribution in [0, 0.1) is 18.3 Å². The van der Waals surface area contributed by atoms with Crippen molar-refractivity contribution in [3.05, 3.63) is 41.7 Å². The van der Waals surface area contributed by atoms with Gasteiger partial charge in [0.1, 0.15) is 5.69 Å². The summed E-state index contributed by atoms with van der Waals surface area (Å²) in [6.07, 6.45) is 2.85. The lowest BCUT2D eigenvalue weighted by Gasteiger charge is -2.23. The van der Waals surface area contributed by atoms with Crippen LogP contribution in [0.1, 0.15) is 30.6 Å². The highest BCUT2D eigenvalue weighted by atomic mass is 35.5. The third kappa shape index (κ3) is 3.18. The van der Waals surface area contributed by atoms with Crippen LogP contribution >= 0.6 is 12.4 Å². The molecule has 1 N–H and O–H groups in total. The first-order valence-electron chi connectivity index (χ1n) is 8.55. The van der Waals surface area contributed by atoms with E-state index >= 15 is 0 Å². The van der Waals surface area contributed by atoms with Gasteiger partial charge in [-0.05, 0) is 25.7 Å². The van der Waals surface area contributed by atoms with Gasteiger partial charge in [0.2, 0.25) is 0 Å². The van der Waals surface area contributed by atoms with Crippen molar-refractivity contribution in [1.82, 2.24) is 10.1 Å². The van der Waals surface area contributed by atoms with E-state index in [9.17, 15) is 9.90 Å². The molecule has 6 heteroatoms. The lowest BCUT2D eigenvalue weighted by molar-refractivity contribution is -0.149. The molecular weight excluding hydrogens is 340 g/mol. The number of hydrogen-bond acceptors (Lipinski definition) is 4. The number of nitrogens with zero attached hydrogens (tertiary/aromatic N) is 2. The van der Waals surface area contributed by atoms with E-state index in [0.29, 0.717) is 13.1 Å². The second-order valence-corrected chi connectivity index (χ2v) is 7.26. The van der Waals surface area contributed by atoms with E-state index in [4.69, 9.17) is 4.52 Å². The number of halogens is 1. The highest BCUT2D eigenvalue weighted by Gasteiger charge is 2.54. The Kier molecular flexibility index (Phi) is 4.89. The molecule has 1 saturated heterocycles. The van der Waals surface area contributed by atoms with Crippen molar-refractivity contribution in [3.8, 4) is 11.3 Å². The molecule has 25 heavy (non-hydrogen) atoms. The highest BCUT2D eigenvalue weighted by molar-refractivity contribution is 5.85. The minimum absolute atomic E-state index is 0. The summed E-state index contributed by atoms with van der Waals surface area (Å²) in [6.45, 7) is 4.14. The van der Waals surface area contributed by atoms with Gasteiger partial charge in [0.05, 0.1) is 12.0 Å². The number of carbonyl (C=O) groups is 1. The number of hydrogen-bond donors (Lipinski definition) is 1. The molecule has 0 amide bonds. The lowest BCUT2D eigenvalue weighted by atomic mass is 9.81. The van der Waals surface area contributed by atoms with Gasteiger partial charge in [0, 0.05) is 24.7 Å². The molecule has 2 heterocycles. The fourth-order valence-electron chi connectivity index (χ4n) is 4.33. The van der Waals surface area contributed by atoms with Crippen molar-refractivity contribution in [2.45, 2.75) is 32.7 Å². The lowest BCUT2D eigenvalue weighted by Crippen LogP contribution is -2.35. The summed E-state index contributed by atoms with van der Waals surface area (Å²) < 4.78 is 5.49. The molecule has 5 nitrogen and oxygen atoms in total. The smallest absolute Gasteiger partial charge is 0.311 e. The summed E-state index contributed by atoms with van der Waals surface area (Å²) in [5.74, 6) is 0.436. The molecule has 2 atom stereocenters. The van der Waals surface area contributed by atoms with Crippen LogP contribution in [0.5, 0.6) is 0 Å². The summed E-state index contributed by atoms with van der Waals surface area (Å²) in [6, 6.07) is 10.2. The molecule has 0 unspecified atom stereocenters. The molecule has 2 aliphatic rings. The van der Waals surface area contributed by atoms with Crippen LogP contribution in [0.15, 0.2) is 34.9 Å². The average molecular weight is 363 g/mol. The first-order valence-corrected chi connectivity index (χ1v) is 8.55. The maximum absolute atomic E-state index is 11.8. The van der Waals surface area contributed by atoms with Crippen molar-refractivity contribution in [2.24, 2.45) is 11.3 Å². The van der Waals surface area contributed by atoms with Gasteiger partial charge in [-0.3, -0.25) is 9.69 Å². The van der Waals surface area contributed by atoms with Gasteiger partial charge in [-0.2, -0.15) is 0 Å². The second-order valence-electron chi connectivity index (χ2n) is 7.26. The number of aromatic nitrogens is 1. The number of benzene rings is 1. The number of rotatable bonds is 4. The number of aliphatic carboxylic acids is 1. The number of aryl methyl sites for hydroxylation is 1. The van der Waals surface area contributed by atoms with E-state index in [1.54, 1.807) is 0 Å². The standard InChI is InChI=1S/C19H22N2O3.ClH/c1-13-4-6-14(7-5-13)17-9-16(24-20-17)11-21-10-15-3-2-8-19(15,12-21)18(22)23;/h4-7,9,15H,2-3,8,10-12H2,1H3,(H,22,23);1H/t15-,19+;/m0./s1. The monoisotopic (exact) mass is 362 g/mol. The van der Waals surface area contributed by atoms with E-state index in [0.717, 1.165) is 42.8 Å². The molecule has 0 radical (unpaired) electrons. The molecule has 2 fully saturated rings. The Morgan fingerprint density at radius 3 is 2.84 bits per heavy atom. The van der Waals surface area contributed by atoms with E-state index in [2.05, 4.69) is 29.1 Å². The van der Waals surface area contributed by atoms with Crippen LogP contribution in [-0.4, -0.2) is 34.2 Å². The molecule has 1 aliphatic heterocycles. The number of likely N-dealkylation sites (tertiary alicyclic amines) is 1. The Bertz CT molecular complexity index is 758. The van der Waals surface area contributed by atoms with Gasteiger partial charge >= 0.3 is 5.97 Å². The molecule has 0 bridgehead atoms. The molecular formula is C19H23ClN2O3. The molecule has 1 saturated carbocycles. The maximum Gasteiger partial charge on any atom is 0.311 e. The molecule has 1 aromatic carbocycles. The fourth-order valence-corrected chi connectivity index (χ4v) is 4.33. The van der Waals surface area contributed by atoms with E-state index in [1.165, 1.54) is 5.56 Å². The molecule has 2 aromatic rings. The predicted octanol–water partition coefficient (Wildman–Crippen LogP) is 3.76. The number of fused-ring (bicyclic) bond motifs is 1. The molecule has 0 spiro atoms. The highest BCUT2D eigenvalue weighted by Crippen LogP contribution is 2.49. The maximum atomic E-state index is 11.8. The molecule has 1 aromatic heterocycles. The van der Waals surface area contributed by atoms with Crippen molar-refractivity contribution in [1.29, 1.82) is 0 Å². The van der Waals surface area contributed by atoms with Crippen molar-refractivity contribution in [2.75, 3.05) is 13.1 Å². The molecule has 4 rings (SSSR count). The Hall–Kier alpha value is -1.85. The summed E-state index contributed by atoms with van der Waals surface area (Å²) in [5, 5.41) is 13.8. The SMILES string of the molecule is Cc1ccc(-c2cc(CN3C[C@@H]4CCC[C@@]4(C(=O)O)C3)on2)cc1.Cl. The Labute approximate surface area is 153 Å². The fraction of sp³-hybridized carbons (Fsp3) is 0.474. The molecule has 1 aliphatic carbocycles. The third-order valence-electron chi connectivity index (χ3n) is 5.65. The van der Waals surface area contributed by atoms with Crippen LogP contribution in [0.2, 0.25) is 0 Å². The zero-order valence-electron chi connectivity index (χ0n) is 14.3. The normalized spacial score (nSPS) is 25.6. The largest absolute Gasteiger partial charge is 0.481 e. The van der Waals surface area contributed by atoms with E-state index in [1.807, 2.05) is 18.2 Å². The Balaban J connectivity index is 0.00000182. The van der Waals surface area contributed by atoms with Gasteiger partial charge in [-0.25, -0.2) is 0 Å². The second kappa shape index (κ2) is 6.81. The van der Waals surface area contributed by atoms with Crippen molar-refractivity contribution < 1.29 is 14.4 Å². The van der Waals surface area contributed by atoms with Gasteiger partial charge in [-0.15, -0.1) is 12.4 Å². The van der Waals surface area contributed by atoms with Crippen LogP contribution < -0.4 is 0 Å². The van der Waals surface area contributed by atoms with Gasteiger partial charge in [0.25, 0.3) is 0 Å². The third-order valence-corrected chi connectivity index (χ3v) is 5.65. The number of carboxylic acids is 1. The Morgan fingerprint density at radius 2 is 2.16 bits per heavy atom. The van der Waals surface area contributed by atoms with Gasteiger partial charge in [0.15, 0.2) is 5.76 Å². The zero-order chi connectivity index (χ0) is 16.7. The van der Waals surface area contributed by atoms with Gasteiger partial charge in [-0.1, -0.05) is 41.4 Å². The summed E-state index contributed by atoms with van der Waals surface area (Å²) in [5.41, 5.74) is 2.54. The van der Waals surface area contributed by atoms with Crippen LogP contribution in [-0.2, 0) is 11.3 Å². The first kappa shape index (κ1) is 18.0. The molecule has 134 valence electrons. The van der Waals surface area contributed by atoms with Gasteiger partial charge < -0.3 is 9.63 Å². The summed E-state index contributed by atoms with van der Waals surface area (Å²) in [4.78, 5) is 14.0. The van der Waals surface area contributed by atoms with Crippen molar-refractivity contribution >= 4 is 18.4 Å². The zero-order valence-corrected chi connectivity index (χ0v) is 15.1. The van der Waals surface area contributed by atoms with E-state index < -0.39 is 11.4 Å². The Morgan fingerprint density at radius 1 is 1.40 bits per heavy atom. The predicted molar refractivity (Wildman–Crippen MR) is 96.6 cm³/mol. The van der Waals surface area contributed by atoms with Crippen LogP contribution in [0.25, 0.3) is 11.3 Å². The topological polar surface area (TPSA) is 66.6 Å². The van der Waals surface area contributed by atoms with Crippen LogP contribution in [0.3, 0.4) is 0 Å². The van der Waals surface area contributed by atoms with Crippen LogP contribution in [0.4, 0.5) is 0 Å². The summed E-state index contributed by atoms with van der Waals surface area (Å²) in [7, 11) is 0. The quantitative estimate of drug-likeness (QED) is 0.897. The summed E-state index contributed by atoms with van der Waals surface area (Å²) >= 11 is 0. The van der Waals surface area contributed by atoms with E-state index in [-0.39, 0.29) is 18.3 Å². The first-order chi connectivity index (χ1) is 11.6. The van der Waals surface area contributed by atoms with Crippen molar-refractivity contribution in [3.63, 3.8) is 0 Å². The average Bonchev–Trinajstić information content (AvgIpc) is 3.22. The minimum atomic E-state index is -0.634. The number of carboxylic acid groups (broad SMARTS) is 1.